The molecule has 2 rings (SSSR count). The van der Waals surface area contributed by atoms with Crippen molar-refractivity contribution in [1.29, 1.82) is 0 Å². The van der Waals surface area contributed by atoms with Crippen molar-refractivity contribution in [2.75, 3.05) is 11.1 Å². The molecule has 0 spiro atoms. The fourth-order valence-electron chi connectivity index (χ4n) is 1.56. The first-order valence-corrected chi connectivity index (χ1v) is 8.75. The number of nitrogens with one attached hydrogen (secondary N) is 1. The second-order valence-corrected chi connectivity index (χ2v) is 6.92. The summed E-state index contributed by atoms with van der Waals surface area (Å²) in [5.74, 6) is -0.883. The van der Waals surface area contributed by atoms with Crippen molar-refractivity contribution in [2.45, 2.75) is 11.3 Å². The van der Waals surface area contributed by atoms with Crippen molar-refractivity contribution in [3.05, 3.63) is 44.1 Å². The van der Waals surface area contributed by atoms with Crippen molar-refractivity contribution in [2.24, 2.45) is 0 Å². The molecular formula is C13H6Cl4F3N3OS. The Morgan fingerprint density at radius 3 is 2.32 bits per heavy atom. The van der Waals surface area contributed by atoms with Gasteiger partial charge in [-0.1, -0.05) is 58.2 Å². The van der Waals surface area contributed by atoms with Gasteiger partial charge in [0, 0.05) is 6.20 Å². The van der Waals surface area contributed by atoms with Gasteiger partial charge in [0.2, 0.25) is 5.91 Å². The number of carbonyl (C=O) groups is 1. The monoisotopic (exact) mass is 449 g/mol. The molecule has 0 aliphatic carbocycles. The van der Waals surface area contributed by atoms with Crippen LogP contribution in [0.25, 0.3) is 0 Å². The molecule has 134 valence electrons. The Balaban J connectivity index is 2.08. The highest BCUT2D eigenvalue weighted by Crippen LogP contribution is 2.41. The number of amides is 1. The van der Waals surface area contributed by atoms with Gasteiger partial charge in [0.05, 0.1) is 31.5 Å². The van der Waals surface area contributed by atoms with Gasteiger partial charge < -0.3 is 5.32 Å². The Morgan fingerprint density at radius 1 is 1.16 bits per heavy atom. The number of anilines is 1. The van der Waals surface area contributed by atoms with Crippen LogP contribution in [0, 0.1) is 0 Å². The number of aromatic nitrogens is 2. The lowest BCUT2D eigenvalue weighted by atomic mass is 10.3. The van der Waals surface area contributed by atoms with Gasteiger partial charge in [-0.15, -0.1) is 0 Å². The van der Waals surface area contributed by atoms with Gasteiger partial charge >= 0.3 is 6.18 Å². The van der Waals surface area contributed by atoms with E-state index in [2.05, 4.69) is 15.3 Å². The number of carbonyl (C=O) groups excluding carboxylic acids is 1. The van der Waals surface area contributed by atoms with Crippen LogP contribution in [0.3, 0.4) is 0 Å². The molecule has 1 amide bonds. The van der Waals surface area contributed by atoms with Crippen LogP contribution >= 0.6 is 58.2 Å². The Bertz CT molecular complexity index is 794. The predicted octanol–water partition coefficient (Wildman–Crippen LogP) is 5.84. The van der Waals surface area contributed by atoms with Crippen LogP contribution in [0.1, 0.15) is 5.69 Å². The third-order valence-electron chi connectivity index (χ3n) is 2.63. The summed E-state index contributed by atoms with van der Waals surface area (Å²) in [6.07, 6.45) is -3.64. The molecule has 0 saturated heterocycles. The summed E-state index contributed by atoms with van der Waals surface area (Å²) >= 11 is 24.3. The Hall–Kier alpha value is -0.930. The smallest absolute Gasteiger partial charge is 0.323 e. The molecule has 25 heavy (non-hydrogen) atoms. The van der Waals surface area contributed by atoms with E-state index < -0.39 is 17.8 Å². The van der Waals surface area contributed by atoms with Gasteiger partial charge in [0.1, 0.15) is 5.69 Å². The molecule has 12 heteroatoms. The van der Waals surface area contributed by atoms with E-state index in [0.29, 0.717) is 11.8 Å². The second-order valence-electron chi connectivity index (χ2n) is 4.40. The third-order valence-corrected chi connectivity index (χ3v) is 5.07. The molecule has 2 aromatic rings. The summed E-state index contributed by atoms with van der Waals surface area (Å²) in [7, 11) is 0. The molecule has 4 nitrogen and oxygen atoms in total. The molecule has 0 fully saturated rings. The number of alkyl halides is 3. The highest BCUT2D eigenvalue weighted by atomic mass is 35.5. The molecule has 0 unspecified atom stereocenters. The molecule has 0 saturated carbocycles. The number of nitrogens with zero attached hydrogens (tertiary/aromatic N) is 2. The van der Waals surface area contributed by atoms with E-state index in [9.17, 15) is 18.0 Å². The Kier molecular flexibility index (Phi) is 6.67. The summed E-state index contributed by atoms with van der Waals surface area (Å²) in [5, 5.41) is 2.35. The largest absolute Gasteiger partial charge is 0.433 e. The van der Waals surface area contributed by atoms with Gasteiger partial charge in [0.15, 0.2) is 5.16 Å². The topological polar surface area (TPSA) is 54.9 Å². The van der Waals surface area contributed by atoms with E-state index in [1.54, 1.807) is 0 Å². The maximum Gasteiger partial charge on any atom is 0.433 e. The summed E-state index contributed by atoms with van der Waals surface area (Å²) in [4.78, 5) is 19.0. The highest BCUT2D eigenvalue weighted by Gasteiger charge is 2.32. The summed E-state index contributed by atoms with van der Waals surface area (Å²) in [5.41, 5.74) is -1.09. The average Bonchev–Trinajstić information content (AvgIpc) is 2.54. The number of hydrogen-bond donors (Lipinski definition) is 1. The van der Waals surface area contributed by atoms with Gasteiger partial charge in [-0.2, -0.15) is 13.2 Å². The quantitative estimate of drug-likeness (QED) is 0.361. The highest BCUT2D eigenvalue weighted by molar-refractivity contribution is 7.99. The minimum Gasteiger partial charge on any atom is -0.323 e. The summed E-state index contributed by atoms with van der Waals surface area (Å²) in [6, 6.07) is 2.05. The Morgan fingerprint density at radius 2 is 1.76 bits per heavy atom. The van der Waals surface area contributed by atoms with Gasteiger partial charge in [0.25, 0.3) is 0 Å². The van der Waals surface area contributed by atoms with Crippen LogP contribution in [-0.2, 0) is 11.0 Å². The molecule has 0 aliphatic heterocycles. The maximum atomic E-state index is 12.6. The van der Waals surface area contributed by atoms with Gasteiger partial charge in [-0.05, 0) is 12.1 Å². The number of rotatable bonds is 4. The molecule has 0 aliphatic rings. The number of thioether (sulfide) groups is 1. The molecule has 0 radical (unpaired) electrons. The fourth-order valence-corrected chi connectivity index (χ4v) is 3.09. The van der Waals surface area contributed by atoms with E-state index in [1.165, 1.54) is 6.07 Å². The van der Waals surface area contributed by atoms with E-state index in [4.69, 9.17) is 46.4 Å². The fraction of sp³-hybridized carbons (Fsp3) is 0.154. The third kappa shape index (κ3) is 5.27. The molecule has 1 aromatic carbocycles. The molecule has 1 aromatic heterocycles. The molecule has 0 bridgehead atoms. The van der Waals surface area contributed by atoms with Crippen molar-refractivity contribution in [1.82, 2.24) is 9.97 Å². The van der Waals surface area contributed by atoms with Crippen molar-refractivity contribution in [3.63, 3.8) is 0 Å². The zero-order chi connectivity index (χ0) is 18.8. The van der Waals surface area contributed by atoms with Crippen molar-refractivity contribution in [3.8, 4) is 0 Å². The van der Waals surface area contributed by atoms with E-state index >= 15 is 0 Å². The second kappa shape index (κ2) is 8.18. The molecule has 1 N–H and O–H groups in total. The van der Waals surface area contributed by atoms with Crippen molar-refractivity contribution < 1.29 is 18.0 Å². The zero-order valence-corrected chi connectivity index (χ0v) is 15.6. The minimum atomic E-state index is -4.60. The van der Waals surface area contributed by atoms with Gasteiger partial charge in [-0.3, -0.25) is 4.79 Å². The lowest BCUT2D eigenvalue weighted by molar-refractivity contribution is -0.141. The Labute approximate surface area is 164 Å². The molecule has 1 heterocycles. The summed E-state index contributed by atoms with van der Waals surface area (Å²) < 4.78 is 37.8. The standard InChI is InChI=1S/C13H6Cl4F3N3OS/c14-5-3-6(15)10(17)11(9(5)16)23-8(24)4-25-12-21-2-1-7(22-12)13(18,19)20/h1-3H,4H2,(H,23,24). The van der Waals surface area contributed by atoms with Crippen LogP contribution in [0.5, 0.6) is 0 Å². The first kappa shape index (κ1) is 20.4. The zero-order valence-electron chi connectivity index (χ0n) is 11.8. The van der Waals surface area contributed by atoms with Crippen LogP contribution < -0.4 is 5.32 Å². The SMILES string of the molecule is O=C(CSc1nccc(C(F)(F)F)n1)Nc1c(Cl)c(Cl)cc(Cl)c1Cl. The van der Waals surface area contributed by atoms with Gasteiger partial charge in [-0.25, -0.2) is 9.97 Å². The number of hydrogen-bond acceptors (Lipinski definition) is 4. The number of halogens is 7. The first-order valence-electron chi connectivity index (χ1n) is 6.25. The minimum absolute atomic E-state index is 0.00950. The normalized spacial score (nSPS) is 11.5. The predicted molar refractivity (Wildman–Crippen MR) is 92.9 cm³/mol. The molecular weight excluding hydrogens is 445 g/mol. The summed E-state index contributed by atoms with van der Waals surface area (Å²) in [6.45, 7) is 0. The van der Waals surface area contributed by atoms with E-state index in [0.717, 1.165) is 12.3 Å². The van der Waals surface area contributed by atoms with Crippen LogP contribution in [0.2, 0.25) is 20.1 Å². The first-order chi connectivity index (χ1) is 11.6. The number of benzene rings is 1. The van der Waals surface area contributed by atoms with E-state index in [1.807, 2.05) is 0 Å². The van der Waals surface area contributed by atoms with Crippen molar-refractivity contribution >= 4 is 69.8 Å². The van der Waals surface area contributed by atoms with Crippen LogP contribution in [-0.4, -0.2) is 21.6 Å². The average molecular weight is 451 g/mol. The lowest BCUT2D eigenvalue weighted by Crippen LogP contribution is -2.15. The maximum absolute atomic E-state index is 12.6. The van der Waals surface area contributed by atoms with Crippen LogP contribution in [0.4, 0.5) is 18.9 Å². The van der Waals surface area contributed by atoms with Crippen LogP contribution in [0.15, 0.2) is 23.5 Å². The van der Waals surface area contributed by atoms with E-state index in [-0.39, 0.29) is 36.7 Å². The molecule has 0 atom stereocenters. The lowest BCUT2D eigenvalue weighted by Gasteiger charge is -2.11.